The molecule has 60 valence electrons. The van der Waals surface area contributed by atoms with Crippen molar-refractivity contribution in [2.75, 3.05) is 0 Å². The third-order valence-corrected chi connectivity index (χ3v) is 0. The summed E-state index contributed by atoms with van der Waals surface area (Å²) in [7, 11) is 0. The molecule has 0 rings (SSSR count). The summed E-state index contributed by atoms with van der Waals surface area (Å²) in [4.78, 5) is 0. The number of hydrogen-bond acceptors (Lipinski definition) is 9. The van der Waals surface area contributed by atoms with Crippen molar-refractivity contribution in [1.82, 2.24) is 0 Å². The van der Waals surface area contributed by atoms with Gasteiger partial charge in [-0.2, -0.15) is 0 Å². The molecule has 0 radical (unpaired) electrons. The van der Waals surface area contributed by atoms with Crippen molar-refractivity contribution < 1.29 is 98.3 Å². The first kappa shape index (κ1) is 29.4. The van der Waals surface area contributed by atoms with Gasteiger partial charge in [-0.3, -0.25) is 0 Å². The Kier molecular flexibility index (Phi) is 171. The monoisotopic (exact) mass is 234 g/mol. The summed E-state index contributed by atoms with van der Waals surface area (Å²) in [6.07, 6.45) is 0. The molecule has 0 aromatic heterocycles. The van der Waals surface area contributed by atoms with Crippen molar-refractivity contribution >= 4 is 0 Å². The zero-order valence-electron chi connectivity index (χ0n) is 4.83. The second-order valence-corrected chi connectivity index (χ2v) is 0.204. The van der Waals surface area contributed by atoms with Crippen LogP contribution in [-0.4, -0.2) is 0 Å². The van der Waals surface area contributed by atoms with E-state index in [0.717, 1.165) is 0 Å². The zero-order chi connectivity index (χ0) is 8.12. The van der Waals surface area contributed by atoms with Crippen molar-refractivity contribution in [2.24, 2.45) is 0 Å². The van der Waals surface area contributed by atoms with Gasteiger partial charge in [0.25, 0.3) is 0 Å². The van der Waals surface area contributed by atoms with Crippen molar-refractivity contribution in [3.63, 3.8) is 0 Å². The first-order chi connectivity index (χ1) is 4.24. The molecule has 0 aliphatic rings. The zero-order valence-corrected chi connectivity index (χ0v) is 8.44. The quantitative estimate of drug-likeness (QED) is 0.292. The van der Waals surface area contributed by atoms with Gasteiger partial charge in [0.05, 0.1) is 0 Å². The number of rotatable bonds is 0. The molecule has 0 atom stereocenters. The van der Waals surface area contributed by atoms with Gasteiger partial charge in [0.2, 0.25) is 0 Å². The van der Waals surface area contributed by atoms with Crippen LogP contribution in [0.25, 0.3) is 0 Å². The van der Waals surface area contributed by atoms with Crippen LogP contribution in [0.1, 0.15) is 0 Å². The maximum Gasteiger partial charge on any atom is 3.00 e. The Morgan fingerprint density at radius 3 is 0.455 bits per heavy atom. The summed E-state index contributed by atoms with van der Waals surface area (Å²) in [6.45, 7) is 0. The molecule has 0 fully saturated rings. The first-order valence-corrected chi connectivity index (χ1v) is 1.00. The molecular weight excluding hydrogens is 234 g/mol. The van der Waals surface area contributed by atoms with E-state index in [9.17, 15) is 0 Å². The molecule has 11 heavy (non-hydrogen) atoms. The van der Waals surface area contributed by atoms with Crippen LogP contribution in [0.2, 0.25) is 0 Å². The Morgan fingerprint density at radius 2 is 0.455 bits per heavy atom. The largest absolute Gasteiger partial charge is 3.00 e. The van der Waals surface area contributed by atoms with E-state index in [0.29, 0.717) is 0 Å². The summed E-state index contributed by atoms with van der Waals surface area (Å²) in [5, 5.41) is 52.5. The summed E-state index contributed by atoms with van der Waals surface area (Å²) in [5.74, 6) is 0. The molecule has 0 bridgehead atoms. The van der Waals surface area contributed by atoms with Crippen molar-refractivity contribution in [3.05, 3.63) is 0 Å². The molecule has 0 aliphatic carbocycles. The average Bonchev–Trinajstić information content (AvgIpc) is 1.70. The molecule has 0 aliphatic heterocycles. The van der Waals surface area contributed by atoms with Crippen LogP contribution >= 0.6 is 0 Å². The van der Waals surface area contributed by atoms with E-state index in [1.165, 1.54) is 0 Å². The van der Waals surface area contributed by atoms with Gasteiger partial charge in [-0.25, -0.2) is 0 Å². The molecule has 0 saturated heterocycles. The van der Waals surface area contributed by atoms with Crippen molar-refractivity contribution in [3.8, 4) is 0 Å². The summed E-state index contributed by atoms with van der Waals surface area (Å²) >= 11 is 0. The fourth-order valence-corrected chi connectivity index (χ4v) is 0. The van der Waals surface area contributed by atoms with Gasteiger partial charge >= 0.3 is 51.7 Å². The second kappa shape index (κ2) is 63.9. The predicted molar refractivity (Wildman–Crippen MR) is 3.25 cm³/mol. The Bertz CT molecular complexity index is 12.3. The first-order valence-electron chi connectivity index (χ1n) is 1.00. The maximum atomic E-state index is 7.88. The van der Waals surface area contributed by atoms with E-state index in [1.807, 2.05) is 0 Å². The van der Waals surface area contributed by atoms with Crippen molar-refractivity contribution in [1.29, 1.82) is 0 Å². The van der Waals surface area contributed by atoms with E-state index >= 15 is 0 Å². The van der Waals surface area contributed by atoms with Gasteiger partial charge in [0.1, 0.15) is 0 Å². The van der Waals surface area contributed by atoms with Gasteiger partial charge < -0.3 is 46.7 Å². The summed E-state index contributed by atoms with van der Waals surface area (Å²) in [6, 6.07) is 0. The molecular formula is O9Sc2. The maximum absolute atomic E-state index is 7.88. The number of hydrogen-bond donors (Lipinski definition) is 0. The van der Waals surface area contributed by atoms with Crippen LogP contribution < -0.4 is 31.5 Å². The molecule has 0 N–H and O–H groups in total. The molecule has 0 aromatic carbocycles. The van der Waals surface area contributed by atoms with Gasteiger partial charge in [-0.1, -0.05) is 0 Å². The van der Waals surface area contributed by atoms with E-state index in [2.05, 4.69) is 0 Å². The molecule has 0 amide bonds. The Labute approximate surface area is 97.9 Å². The smallest absolute Gasteiger partial charge is 0.734 e. The van der Waals surface area contributed by atoms with Crippen LogP contribution in [0, 0.1) is 0 Å². The molecule has 11 heteroatoms. The van der Waals surface area contributed by atoms with E-state index < -0.39 is 0 Å². The third-order valence-electron chi connectivity index (χ3n) is 0. The normalized spacial score (nSPS) is 4.91. The van der Waals surface area contributed by atoms with E-state index in [4.69, 9.17) is 31.5 Å². The topological polar surface area (TPSA) is 166 Å². The average molecular weight is 234 g/mol. The molecule has 0 saturated carbocycles. The van der Waals surface area contributed by atoms with Crippen LogP contribution in [0.4, 0.5) is 0 Å². The fraction of sp³-hybridized carbons (Fsp3) is 0. The van der Waals surface area contributed by atoms with Gasteiger partial charge in [-0.05, 0) is 0 Å². The van der Waals surface area contributed by atoms with Crippen LogP contribution in [0.15, 0.2) is 0 Å². The Morgan fingerprint density at radius 1 is 0.455 bits per heavy atom. The molecule has 0 heterocycles. The van der Waals surface area contributed by atoms with Gasteiger partial charge in [-0.15, -0.1) is 0 Å². The van der Waals surface area contributed by atoms with Crippen LogP contribution in [-0.2, 0) is 66.8 Å². The molecule has 0 spiro atoms. The van der Waals surface area contributed by atoms with E-state index in [1.54, 1.807) is 15.1 Å². The standard InChI is InChI=1S/3H2O3.2Sc/c3*1-3-2;;/h3*1-2H;;/q;;;2*+3/p-6. The molecule has 9 nitrogen and oxygen atoms in total. The minimum Gasteiger partial charge on any atom is -0.734 e. The van der Waals surface area contributed by atoms with Gasteiger partial charge in [0.15, 0.2) is 0 Å². The summed E-state index contributed by atoms with van der Waals surface area (Å²) < 4.78 is 0. The van der Waals surface area contributed by atoms with E-state index in [-0.39, 0.29) is 51.7 Å². The van der Waals surface area contributed by atoms with Crippen molar-refractivity contribution in [2.45, 2.75) is 0 Å². The molecule has 0 unspecified atom stereocenters. The minimum absolute atomic E-state index is 0. The third kappa shape index (κ3) is 526. The Hall–Kier alpha value is 1.38. The van der Waals surface area contributed by atoms with Crippen LogP contribution in [0.5, 0.6) is 0 Å². The SMILES string of the molecule is [O-]O[O-].[O-]O[O-].[O-]O[O-].[Sc+3].[Sc+3]. The second-order valence-electron chi connectivity index (χ2n) is 0.204. The molecule has 0 aromatic rings. The van der Waals surface area contributed by atoms with Crippen LogP contribution in [0.3, 0.4) is 0 Å². The fourth-order valence-electron chi connectivity index (χ4n) is 0. The van der Waals surface area contributed by atoms with Gasteiger partial charge in [0, 0.05) is 0 Å². The summed E-state index contributed by atoms with van der Waals surface area (Å²) in [5.41, 5.74) is 0. The predicted octanol–water partition coefficient (Wildman–Crippen LogP) is -7.34. The minimum atomic E-state index is 0. The Balaban J connectivity index is -0.0000000150.